The summed E-state index contributed by atoms with van der Waals surface area (Å²) in [5.41, 5.74) is 8.75. The number of hydrogen-bond donors (Lipinski definition) is 1. The van der Waals surface area contributed by atoms with Crippen LogP contribution in [-0.4, -0.2) is 19.8 Å². The minimum Gasteiger partial charge on any atom is -0.378 e. The van der Waals surface area contributed by atoms with E-state index < -0.39 is 0 Å². The van der Waals surface area contributed by atoms with Gasteiger partial charge in [-0.05, 0) is 57.7 Å². The van der Waals surface area contributed by atoms with E-state index in [1.807, 2.05) is 30.4 Å². The zero-order chi connectivity index (χ0) is 20.2. The lowest BCUT2D eigenvalue weighted by Gasteiger charge is -2.17. The highest BCUT2D eigenvalue weighted by Gasteiger charge is 2.12. The topological polar surface area (TPSA) is 27.1 Å². The predicted molar refractivity (Wildman–Crippen MR) is 125 cm³/mol. The van der Waals surface area contributed by atoms with Gasteiger partial charge in [0.05, 0.1) is 5.71 Å². The molecule has 4 rings (SSSR count). The molecule has 0 spiro atoms. The van der Waals surface area contributed by atoms with E-state index in [0.29, 0.717) is 5.71 Å². The summed E-state index contributed by atoms with van der Waals surface area (Å²) in [5.74, 6) is 0. The average molecular weight is 377 g/mol. The molecule has 0 saturated heterocycles. The summed E-state index contributed by atoms with van der Waals surface area (Å²) < 4.78 is 0. The van der Waals surface area contributed by atoms with Crippen LogP contribution >= 0.6 is 0 Å². The third-order valence-electron chi connectivity index (χ3n) is 5.13. The van der Waals surface area contributed by atoms with Gasteiger partial charge in [0.1, 0.15) is 0 Å². The molecule has 0 amide bonds. The zero-order valence-electron chi connectivity index (χ0n) is 16.8. The van der Waals surface area contributed by atoms with Crippen molar-refractivity contribution >= 4 is 17.0 Å². The molecule has 0 atom stereocenters. The van der Waals surface area contributed by atoms with Crippen LogP contribution in [0.5, 0.6) is 0 Å². The lowest BCUT2D eigenvalue weighted by atomic mass is 9.90. The molecule has 0 aromatic heterocycles. The third-order valence-corrected chi connectivity index (χ3v) is 5.13. The van der Waals surface area contributed by atoms with E-state index in [2.05, 4.69) is 91.8 Å². The van der Waals surface area contributed by atoms with Gasteiger partial charge < -0.3 is 10.3 Å². The van der Waals surface area contributed by atoms with Gasteiger partial charge >= 0.3 is 0 Å². The van der Waals surface area contributed by atoms with Crippen LogP contribution in [0.1, 0.15) is 11.1 Å². The Bertz CT molecular complexity index is 1080. The van der Waals surface area contributed by atoms with Crippen LogP contribution in [0.2, 0.25) is 0 Å². The summed E-state index contributed by atoms with van der Waals surface area (Å²) in [5, 5.41) is 7.83. The van der Waals surface area contributed by atoms with Crippen molar-refractivity contribution < 1.29 is 0 Å². The van der Waals surface area contributed by atoms with E-state index in [1.54, 1.807) is 0 Å². The summed E-state index contributed by atoms with van der Waals surface area (Å²) in [6.07, 6.45) is 7.76. The van der Waals surface area contributed by atoms with E-state index in [9.17, 15) is 0 Å². The van der Waals surface area contributed by atoms with Gasteiger partial charge in [-0.15, -0.1) is 0 Å². The normalized spacial score (nSPS) is 12.9. The molecule has 0 heterocycles. The van der Waals surface area contributed by atoms with Crippen molar-refractivity contribution in [2.75, 3.05) is 19.0 Å². The minimum atomic E-state index is 0.524. The Morgan fingerprint density at radius 2 is 1.14 bits per heavy atom. The van der Waals surface area contributed by atoms with Gasteiger partial charge in [0.2, 0.25) is 0 Å². The molecular weight excluding hydrogens is 352 g/mol. The molecule has 1 aliphatic rings. The van der Waals surface area contributed by atoms with Gasteiger partial charge in [0, 0.05) is 19.8 Å². The number of rotatable bonds is 4. The fourth-order valence-electron chi connectivity index (χ4n) is 3.52. The van der Waals surface area contributed by atoms with Crippen LogP contribution in [0.4, 0.5) is 5.69 Å². The SMILES string of the molecule is CN(C)c1ccc(C(=C2C=CC(=N)C=C2)c2ccc(-c3ccccc3)cc2)cc1. The van der Waals surface area contributed by atoms with Gasteiger partial charge in [0.15, 0.2) is 0 Å². The Balaban J connectivity index is 1.79. The first-order valence-electron chi connectivity index (χ1n) is 9.74. The Morgan fingerprint density at radius 1 is 0.621 bits per heavy atom. The molecule has 142 valence electrons. The Hall–Kier alpha value is -3.65. The fourth-order valence-corrected chi connectivity index (χ4v) is 3.52. The average Bonchev–Trinajstić information content (AvgIpc) is 2.77. The molecular formula is C27H24N2. The van der Waals surface area contributed by atoms with Gasteiger partial charge in [-0.25, -0.2) is 0 Å². The van der Waals surface area contributed by atoms with Gasteiger partial charge in [-0.2, -0.15) is 0 Å². The van der Waals surface area contributed by atoms with Gasteiger partial charge in [-0.3, -0.25) is 0 Å². The molecule has 0 unspecified atom stereocenters. The molecule has 3 aromatic rings. The molecule has 0 aliphatic heterocycles. The van der Waals surface area contributed by atoms with Crippen LogP contribution < -0.4 is 4.90 Å². The molecule has 2 nitrogen and oxygen atoms in total. The third kappa shape index (κ3) is 4.12. The van der Waals surface area contributed by atoms with Crippen LogP contribution in [-0.2, 0) is 0 Å². The van der Waals surface area contributed by atoms with Crippen molar-refractivity contribution in [3.05, 3.63) is 120 Å². The molecule has 2 heteroatoms. The zero-order valence-corrected chi connectivity index (χ0v) is 16.8. The summed E-state index contributed by atoms with van der Waals surface area (Å²) in [6, 6.07) is 27.8. The van der Waals surface area contributed by atoms with Gasteiger partial charge in [0.25, 0.3) is 0 Å². The largest absolute Gasteiger partial charge is 0.378 e. The number of anilines is 1. The number of nitrogens with one attached hydrogen (secondary N) is 1. The molecule has 0 bridgehead atoms. The Kier molecular flexibility index (Phi) is 5.26. The highest BCUT2D eigenvalue weighted by atomic mass is 15.1. The summed E-state index contributed by atoms with van der Waals surface area (Å²) >= 11 is 0. The Labute approximate surface area is 172 Å². The van der Waals surface area contributed by atoms with Crippen LogP contribution in [0.15, 0.2) is 109 Å². The molecule has 0 fully saturated rings. The predicted octanol–water partition coefficient (Wildman–Crippen LogP) is 6.37. The lowest BCUT2D eigenvalue weighted by molar-refractivity contribution is 1.13. The number of hydrogen-bond acceptors (Lipinski definition) is 2. The Morgan fingerprint density at radius 3 is 1.69 bits per heavy atom. The molecule has 29 heavy (non-hydrogen) atoms. The molecule has 0 saturated carbocycles. The summed E-state index contributed by atoms with van der Waals surface area (Å²) in [7, 11) is 4.10. The van der Waals surface area contributed by atoms with Crippen molar-refractivity contribution in [1.29, 1.82) is 5.41 Å². The van der Waals surface area contributed by atoms with Crippen molar-refractivity contribution in [3.8, 4) is 11.1 Å². The smallest absolute Gasteiger partial charge is 0.0540 e. The fraction of sp³-hybridized carbons (Fsp3) is 0.0741. The van der Waals surface area contributed by atoms with E-state index >= 15 is 0 Å². The number of allylic oxidation sites excluding steroid dienone is 5. The first-order chi connectivity index (χ1) is 14.1. The second kappa shape index (κ2) is 8.15. The van der Waals surface area contributed by atoms with Crippen molar-refractivity contribution in [2.45, 2.75) is 0 Å². The maximum atomic E-state index is 7.83. The van der Waals surface area contributed by atoms with Crippen molar-refractivity contribution in [1.82, 2.24) is 0 Å². The minimum absolute atomic E-state index is 0.524. The molecule has 1 N–H and O–H groups in total. The van der Waals surface area contributed by atoms with E-state index in [0.717, 1.165) is 5.57 Å². The number of benzene rings is 3. The lowest BCUT2D eigenvalue weighted by Crippen LogP contribution is -2.08. The summed E-state index contributed by atoms with van der Waals surface area (Å²) in [6.45, 7) is 0. The highest BCUT2D eigenvalue weighted by molar-refractivity contribution is 6.05. The standard InChI is InChI=1S/C27H24N2/c1-29(2)26-18-14-24(15-19-26)27(23-12-16-25(28)17-13-23)22-10-8-21(9-11-22)20-6-4-3-5-7-20/h3-19,28H,1-2H3. The summed E-state index contributed by atoms with van der Waals surface area (Å²) in [4.78, 5) is 2.10. The maximum absolute atomic E-state index is 7.83. The second-order valence-electron chi connectivity index (χ2n) is 7.34. The maximum Gasteiger partial charge on any atom is 0.0540 e. The number of nitrogens with zero attached hydrogens (tertiary/aromatic N) is 1. The van der Waals surface area contributed by atoms with Gasteiger partial charge in [-0.1, -0.05) is 78.9 Å². The van der Waals surface area contributed by atoms with Crippen LogP contribution in [0.3, 0.4) is 0 Å². The van der Waals surface area contributed by atoms with E-state index in [4.69, 9.17) is 5.41 Å². The van der Waals surface area contributed by atoms with E-state index in [-0.39, 0.29) is 0 Å². The van der Waals surface area contributed by atoms with Crippen molar-refractivity contribution in [3.63, 3.8) is 0 Å². The van der Waals surface area contributed by atoms with Crippen molar-refractivity contribution in [2.24, 2.45) is 0 Å². The first-order valence-corrected chi connectivity index (χ1v) is 9.74. The molecule has 1 aliphatic carbocycles. The molecule has 0 radical (unpaired) electrons. The van der Waals surface area contributed by atoms with Crippen LogP contribution in [0, 0.1) is 5.41 Å². The second-order valence-corrected chi connectivity index (χ2v) is 7.34. The monoisotopic (exact) mass is 376 g/mol. The highest BCUT2D eigenvalue weighted by Crippen LogP contribution is 2.32. The van der Waals surface area contributed by atoms with E-state index in [1.165, 1.54) is 33.5 Å². The quantitative estimate of drug-likeness (QED) is 0.563. The first kappa shape index (κ1) is 18.7. The molecule has 3 aromatic carbocycles. The van der Waals surface area contributed by atoms with Crippen LogP contribution in [0.25, 0.3) is 16.7 Å².